The molecule has 5 nitrogen and oxygen atoms in total. The number of anilines is 1. The minimum absolute atomic E-state index is 0.137. The number of hydrogen-bond acceptors (Lipinski definition) is 4. The number of hydrogen-bond donors (Lipinski definition) is 2. The van der Waals surface area contributed by atoms with Gasteiger partial charge in [-0.15, -0.1) is 0 Å². The van der Waals surface area contributed by atoms with Gasteiger partial charge >= 0.3 is 0 Å². The van der Waals surface area contributed by atoms with Crippen LogP contribution in [0.15, 0.2) is 45.9 Å². The van der Waals surface area contributed by atoms with E-state index < -0.39 is 10.0 Å². The van der Waals surface area contributed by atoms with Gasteiger partial charge in [0.1, 0.15) is 0 Å². The quantitative estimate of drug-likeness (QED) is 0.823. The van der Waals surface area contributed by atoms with Gasteiger partial charge in [0, 0.05) is 16.4 Å². The lowest BCUT2D eigenvalue weighted by Gasteiger charge is -2.11. The Kier molecular flexibility index (Phi) is 4.42. The third-order valence-corrected chi connectivity index (χ3v) is 4.98. The standard InChI is InChI=1S/C13H14BrN3O2S/c1-9-6-11(14)12(15)7-13(9)20(18,19)17-8-10-4-2-3-5-16-10/h2-7,17H,8,15H2,1H3. The van der Waals surface area contributed by atoms with Crippen molar-refractivity contribution >= 4 is 31.6 Å². The highest BCUT2D eigenvalue weighted by Crippen LogP contribution is 2.26. The summed E-state index contributed by atoms with van der Waals surface area (Å²) in [6.45, 7) is 1.86. The van der Waals surface area contributed by atoms with E-state index >= 15 is 0 Å². The van der Waals surface area contributed by atoms with Gasteiger partial charge in [-0.25, -0.2) is 13.1 Å². The Bertz CT molecular complexity index is 718. The molecule has 2 rings (SSSR count). The summed E-state index contributed by atoms with van der Waals surface area (Å²) in [5.74, 6) is 0. The number of halogens is 1. The van der Waals surface area contributed by atoms with Crippen LogP contribution < -0.4 is 10.5 Å². The number of aryl methyl sites for hydroxylation is 1. The number of nitrogen functional groups attached to an aromatic ring is 1. The summed E-state index contributed by atoms with van der Waals surface area (Å²) in [5.41, 5.74) is 7.40. The maximum Gasteiger partial charge on any atom is 0.241 e. The molecule has 0 aliphatic carbocycles. The zero-order chi connectivity index (χ0) is 14.8. The fourth-order valence-electron chi connectivity index (χ4n) is 1.71. The van der Waals surface area contributed by atoms with Crippen LogP contribution in [0.25, 0.3) is 0 Å². The second kappa shape index (κ2) is 5.90. The van der Waals surface area contributed by atoms with Crippen molar-refractivity contribution in [1.29, 1.82) is 0 Å². The fourth-order valence-corrected chi connectivity index (χ4v) is 3.42. The molecule has 1 heterocycles. The molecule has 1 aromatic heterocycles. The molecule has 0 fully saturated rings. The lowest BCUT2D eigenvalue weighted by molar-refractivity contribution is 0.580. The van der Waals surface area contributed by atoms with Gasteiger partial charge in [-0.3, -0.25) is 4.98 Å². The number of sulfonamides is 1. The van der Waals surface area contributed by atoms with Crippen LogP contribution in [0.5, 0.6) is 0 Å². The monoisotopic (exact) mass is 355 g/mol. The molecular weight excluding hydrogens is 342 g/mol. The number of benzene rings is 1. The van der Waals surface area contributed by atoms with Gasteiger partial charge in [-0.1, -0.05) is 6.07 Å². The van der Waals surface area contributed by atoms with Crippen molar-refractivity contribution in [1.82, 2.24) is 9.71 Å². The van der Waals surface area contributed by atoms with Crippen molar-refractivity contribution in [2.24, 2.45) is 0 Å². The third kappa shape index (κ3) is 3.36. The van der Waals surface area contributed by atoms with Crippen LogP contribution in [0.2, 0.25) is 0 Å². The maximum absolute atomic E-state index is 12.3. The molecule has 0 amide bonds. The maximum atomic E-state index is 12.3. The van der Waals surface area contributed by atoms with E-state index in [9.17, 15) is 8.42 Å². The third-order valence-electron chi connectivity index (χ3n) is 2.75. The molecule has 0 saturated carbocycles. The normalized spacial score (nSPS) is 11.5. The van der Waals surface area contributed by atoms with Gasteiger partial charge in [0.15, 0.2) is 0 Å². The first-order valence-electron chi connectivity index (χ1n) is 5.85. The van der Waals surface area contributed by atoms with Crippen molar-refractivity contribution in [2.75, 3.05) is 5.73 Å². The van der Waals surface area contributed by atoms with Gasteiger partial charge in [-0.05, 0) is 52.7 Å². The Balaban J connectivity index is 2.25. The molecule has 0 spiro atoms. The Morgan fingerprint density at radius 2 is 2.10 bits per heavy atom. The number of aromatic nitrogens is 1. The molecule has 0 saturated heterocycles. The van der Waals surface area contributed by atoms with Crippen LogP contribution in [-0.4, -0.2) is 13.4 Å². The number of nitrogens with one attached hydrogen (secondary N) is 1. The zero-order valence-electron chi connectivity index (χ0n) is 10.8. The van der Waals surface area contributed by atoms with Crippen molar-refractivity contribution in [3.63, 3.8) is 0 Å². The second-order valence-corrected chi connectivity index (χ2v) is 6.87. The number of nitrogens with zero attached hydrogens (tertiary/aromatic N) is 1. The van der Waals surface area contributed by atoms with E-state index in [4.69, 9.17) is 5.73 Å². The second-order valence-electron chi connectivity index (χ2n) is 4.28. The highest BCUT2D eigenvalue weighted by Gasteiger charge is 2.18. The summed E-state index contributed by atoms with van der Waals surface area (Å²) in [4.78, 5) is 4.25. The summed E-state index contributed by atoms with van der Waals surface area (Å²) in [7, 11) is -3.62. The van der Waals surface area contributed by atoms with E-state index in [-0.39, 0.29) is 11.4 Å². The van der Waals surface area contributed by atoms with Crippen LogP contribution in [0, 0.1) is 6.92 Å². The summed E-state index contributed by atoms with van der Waals surface area (Å²) >= 11 is 3.27. The molecule has 0 bridgehead atoms. The Labute approximate surface area is 126 Å². The lowest BCUT2D eigenvalue weighted by atomic mass is 10.2. The highest BCUT2D eigenvalue weighted by atomic mass is 79.9. The average Bonchev–Trinajstić information content (AvgIpc) is 2.42. The zero-order valence-corrected chi connectivity index (χ0v) is 13.2. The van der Waals surface area contributed by atoms with Gasteiger partial charge in [0.2, 0.25) is 10.0 Å². The molecule has 2 aromatic rings. The first kappa shape index (κ1) is 15.0. The van der Waals surface area contributed by atoms with Crippen molar-refractivity contribution in [3.05, 3.63) is 52.3 Å². The van der Waals surface area contributed by atoms with E-state index in [0.29, 0.717) is 21.4 Å². The number of rotatable bonds is 4. The van der Waals surface area contributed by atoms with E-state index in [2.05, 4.69) is 25.6 Å². The smallest absolute Gasteiger partial charge is 0.241 e. The molecule has 0 aliphatic heterocycles. The van der Waals surface area contributed by atoms with Crippen LogP contribution in [0.3, 0.4) is 0 Å². The molecule has 0 unspecified atom stereocenters. The lowest BCUT2D eigenvalue weighted by Crippen LogP contribution is -2.24. The van der Waals surface area contributed by atoms with E-state index in [0.717, 1.165) is 0 Å². The average molecular weight is 356 g/mol. The fraction of sp³-hybridized carbons (Fsp3) is 0.154. The molecular formula is C13H14BrN3O2S. The van der Waals surface area contributed by atoms with Gasteiger partial charge in [0.25, 0.3) is 0 Å². The van der Waals surface area contributed by atoms with E-state index in [1.165, 1.54) is 6.07 Å². The minimum Gasteiger partial charge on any atom is -0.398 e. The molecule has 106 valence electrons. The SMILES string of the molecule is Cc1cc(Br)c(N)cc1S(=O)(=O)NCc1ccccn1. The van der Waals surface area contributed by atoms with Gasteiger partial charge < -0.3 is 5.73 Å². The summed E-state index contributed by atoms with van der Waals surface area (Å²) < 4.78 is 27.8. The topological polar surface area (TPSA) is 85.1 Å². The molecule has 7 heteroatoms. The highest BCUT2D eigenvalue weighted by molar-refractivity contribution is 9.10. The summed E-state index contributed by atoms with van der Waals surface area (Å²) in [5, 5.41) is 0. The molecule has 0 aliphatic rings. The predicted octanol–water partition coefficient (Wildman–Crippen LogP) is 2.21. The Morgan fingerprint density at radius 3 is 2.75 bits per heavy atom. The molecule has 3 N–H and O–H groups in total. The van der Waals surface area contributed by atoms with Crippen molar-refractivity contribution < 1.29 is 8.42 Å². The van der Waals surface area contributed by atoms with E-state index in [1.54, 1.807) is 37.4 Å². The van der Waals surface area contributed by atoms with Crippen LogP contribution in [0.1, 0.15) is 11.3 Å². The minimum atomic E-state index is -3.62. The van der Waals surface area contributed by atoms with Crippen LogP contribution >= 0.6 is 15.9 Å². The largest absolute Gasteiger partial charge is 0.398 e. The molecule has 0 atom stereocenters. The number of nitrogens with two attached hydrogens (primary N) is 1. The molecule has 0 radical (unpaired) electrons. The summed E-state index contributed by atoms with van der Waals surface area (Å²) in [6.07, 6.45) is 1.62. The first-order valence-corrected chi connectivity index (χ1v) is 8.13. The van der Waals surface area contributed by atoms with Crippen molar-refractivity contribution in [3.8, 4) is 0 Å². The first-order chi connectivity index (χ1) is 9.40. The number of pyridine rings is 1. The van der Waals surface area contributed by atoms with E-state index in [1.807, 2.05) is 0 Å². The van der Waals surface area contributed by atoms with Crippen LogP contribution in [0.4, 0.5) is 5.69 Å². The van der Waals surface area contributed by atoms with Crippen LogP contribution in [-0.2, 0) is 16.6 Å². The van der Waals surface area contributed by atoms with Crippen molar-refractivity contribution in [2.45, 2.75) is 18.4 Å². The van der Waals surface area contributed by atoms with Gasteiger partial charge in [0.05, 0.1) is 17.1 Å². The molecule has 20 heavy (non-hydrogen) atoms. The van der Waals surface area contributed by atoms with Gasteiger partial charge in [-0.2, -0.15) is 0 Å². The predicted molar refractivity (Wildman–Crippen MR) is 81.6 cm³/mol. The Hall–Kier alpha value is -1.44. The summed E-state index contributed by atoms with van der Waals surface area (Å²) in [6, 6.07) is 8.47. The Morgan fingerprint density at radius 1 is 1.35 bits per heavy atom. The molecule has 1 aromatic carbocycles.